The average molecular weight is 431 g/mol. The average Bonchev–Trinajstić information content (AvgIpc) is 2.74. The maximum absolute atomic E-state index is 13.1. The highest BCUT2D eigenvalue weighted by molar-refractivity contribution is 6.32. The largest absolute Gasteiger partial charge is 0.482 e. The lowest BCUT2D eigenvalue weighted by atomic mass is 10.1. The fourth-order valence-corrected chi connectivity index (χ4v) is 3.23. The Balaban J connectivity index is 2.21. The first-order valence-corrected chi connectivity index (χ1v) is 10.8. The van der Waals surface area contributed by atoms with E-state index in [0.29, 0.717) is 23.7 Å². The van der Waals surface area contributed by atoms with E-state index in [1.54, 1.807) is 29.2 Å². The monoisotopic (exact) mass is 430 g/mol. The molecule has 2 rings (SSSR count). The molecule has 2 aromatic rings. The van der Waals surface area contributed by atoms with Crippen LogP contribution in [-0.2, 0) is 16.1 Å². The van der Waals surface area contributed by atoms with Gasteiger partial charge in [-0.25, -0.2) is 0 Å². The first kappa shape index (κ1) is 23.7. The van der Waals surface area contributed by atoms with Crippen LogP contribution in [0.3, 0.4) is 0 Å². The minimum atomic E-state index is -0.581. The molecule has 0 bridgehead atoms. The maximum Gasteiger partial charge on any atom is 0.261 e. The molecule has 6 heteroatoms. The molecule has 162 valence electrons. The Kier molecular flexibility index (Phi) is 9.18. The Bertz CT molecular complexity index is 839. The number of carbonyl (C=O) groups excluding carboxylic acids is 2. The molecule has 0 fully saturated rings. The molecule has 30 heavy (non-hydrogen) atoms. The molecule has 2 amide bonds. The first-order chi connectivity index (χ1) is 14.3. The molecule has 0 aliphatic carbocycles. The van der Waals surface area contributed by atoms with Gasteiger partial charge < -0.3 is 15.0 Å². The van der Waals surface area contributed by atoms with Crippen LogP contribution in [0.4, 0.5) is 0 Å². The zero-order valence-corrected chi connectivity index (χ0v) is 18.9. The molecular weight excluding hydrogens is 400 g/mol. The number of rotatable bonds is 10. The van der Waals surface area contributed by atoms with Gasteiger partial charge in [0, 0.05) is 12.6 Å². The summed E-state index contributed by atoms with van der Waals surface area (Å²) in [7, 11) is 0. The van der Waals surface area contributed by atoms with Gasteiger partial charge in [0.1, 0.15) is 11.8 Å². The highest BCUT2D eigenvalue weighted by Gasteiger charge is 2.29. The van der Waals surface area contributed by atoms with Gasteiger partial charge in [-0.1, -0.05) is 67.4 Å². The van der Waals surface area contributed by atoms with Crippen molar-refractivity contribution >= 4 is 23.4 Å². The van der Waals surface area contributed by atoms with Crippen LogP contribution in [0.25, 0.3) is 0 Å². The van der Waals surface area contributed by atoms with E-state index in [2.05, 4.69) is 5.32 Å². The van der Waals surface area contributed by atoms with Gasteiger partial charge in [-0.3, -0.25) is 9.59 Å². The van der Waals surface area contributed by atoms with Crippen LogP contribution in [0.1, 0.15) is 44.7 Å². The third kappa shape index (κ3) is 6.77. The zero-order chi connectivity index (χ0) is 22.1. The maximum atomic E-state index is 13.1. The lowest BCUT2D eigenvalue weighted by molar-refractivity contribution is -0.143. The quantitative estimate of drug-likeness (QED) is 0.591. The summed E-state index contributed by atoms with van der Waals surface area (Å²) < 4.78 is 5.66. The van der Waals surface area contributed by atoms with E-state index in [1.165, 1.54) is 0 Å². The van der Waals surface area contributed by atoms with E-state index in [-0.39, 0.29) is 24.5 Å². The van der Waals surface area contributed by atoms with Crippen LogP contribution in [0, 0.1) is 6.92 Å². The van der Waals surface area contributed by atoms with Gasteiger partial charge in [-0.15, -0.1) is 0 Å². The van der Waals surface area contributed by atoms with Crippen molar-refractivity contribution in [2.75, 3.05) is 6.61 Å². The molecule has 5 nitrogen and oxygen atoms in total. The molecule has 0 aliphatic heterocycles. The van der Waals surface area contributed by atoms with Gasteiger partial charge in [-0.2, -0.15) is 0 Å². The van der Waals surface area contributed by atoms with Crippen molar-refractivity contribution in [3.63, 3.8) is 0 Å². The molecule has 2 atom stereocenters. The SMILES string of the molecule is CCC(C)NC(=O)C(CC)N(Cc1ccc(C)cc1)C(=O)COc1ccccc1Cl. The van der Waals surface area contributed by atoms with Crippen LogP contribution < -0.4 is 10.1 Å². The number of benzene rings is 2. The van der Waals surface area contributed by atoms with Crippen LogP contribution in [0.15, 0.2) is 48.5 Å². The third-order valence-electron chi connectivity index (χ3n) is 5.05. The number of nitrogens with zero attached hydrogens (tertiary/aromatic N) is 1. The Morgan fingerprint density at radius 1 is 1.07 bits per heavy atom. The van der Waals surface area contributed by atoms with Crippen LogP contribution in [0.2, 0.25) is 5.02 Å². The normalized spacial score (nSPS) is 12.7. The standard InChI is InChI=1S/C24H31ClN2O3/c1-5-18(4)26-24(29)21(6-2)27(15-19-13-11-17(3)12-14-19)23(28)16-30-22-10-8-7-9-20(22)25/h7-14,18,21H,5-6,15-16H2,1-4H3,(H,26,29). The fraction of sp³-hybridized carbons (Fsp3) is 0.417. The number of carbonyl (C=O) groups is 2. The van der Waals surface area contributed by atoms with Crippen LogP contribution in [0.5, 0.6) is 5.75 Å². The smallest absolute Gasteiger partial charge is 0.261 e. The molecule has 0 aromatic heterocycles. The van der Waals surface area contributed by atoms with Gasteiger partial charge in [-0.05, 0) is 44.4 Å². The van der Waals surface area contributed by atoms with Crippen molar-refractivity contribution in [3.8, 4) is 5.75 Å². The van der Waals surface area contributed by atoms with E-state index in [1.807, 2.05) is 52.0 Å². The summed E-state index contributed by atoms with van der Waals surface area (Å²) in [6.07, 6.45) is 1.33. The van der Waals surface area contributed by atoms with Gasteiger partial charge in [0.25, 0.3) is 5.91 Å². The second-order valence-corrected chi connectivity index (χ2v) is 7.88. The minimum Gasteiger partial charge on any atom is -0.482 e. The van der Waals surface area contributed by atoms with Crippen molar-refractivity contribution in [2.45, 2.75) is 59.2 Å². The zero-order valence-electron chi connectivity index (χ0n) is 18.2. The summed E-state index contributed by atoms with van der Waals surface area (Å²) in [5.41, 5.74) is 2.10. The summed E-state index contributed by atoms with van der Waals surface area (Å²) in [5, 5.41) is 3.44. The van der Waals surface area contributed by atoms with Crippen molar-refractivity contribution in [1.29, 1.82) is 0 Å². The predicted octanol–water partition coefficient (Wildman–Crippen LogP) is 4.75. The van der Waals surface area contributed by atoms with Crippen molar-refractivity contribution in [1.82, 2.24) is 10.2 Å². The van der Waals surface area contributed by atoms with Crippen molar-refractivity contribution in [2.24, 2.45) is 0 Å². The number of ether oxygens (including phenoxy) is 1. The summed E-state index contributed by atoms with van der Waals surface area (Å²) in [5.74, 6) is 0.0339. The summed E-state index contributed by atoms with van der Waals surface area (Å²) in [6, 6.07) is 14.4. The van der Waals surface area contributed by atoms with Crippen LogP contribution >= 0.6 is 11.6 Å². The molecule has 0 saturated carbocycles. The van der Waals surface area contributed by atoms with E-state index >= 15 is 0 Å². The topological polar surface area (TPSA) is 58.6 Å². The Morgan fingerprint density at radius 3 is 2.33 bits per heavy atom. The van der Waals surface area contributed by atoms with Crippen LogP contribution in [-0.4, -0.2) is 35.4 Å². The fourth-order valence-electron chi connectivity index (χ4n) is 3.03. The molecule has 0 spiro atoms. The van der Waals surface area contributed by atoms with Crippen molar-refractivity contribution in [3.05, 3.63) is 64.7 Å². The van der Waals surface area contributed by atoms with E-state index in [4.69, 9.17) is 16.3 Å². The van der Waals surface area contributed by atoms with E-state index < -0.39 is 6.04 Å². The highest BCUT2D eigenvalue weighted by Crippen LogP contribution is 2.23. The number of nitrogens with one attached hydrogen (secondary N) is 1. The summed E-state index contributed by atoms with van der Waals surface area (Å²) in [4.78, 5) is 27.6. The third-order valence-corrected chi connectivity index (χ3v) is 5.36. The number of para-hydroxylation sites is 1. The van der Waals surface area contributed by atoms with E-state index in [9.17, 15) is 9.59 Å². The molecule has 1 N–H and O–H groups in total. The second-order valence-electron chi connectivity index (χ2n) is 7.47. The number of aryl methyl sites for hydroxylation is 1. The molecule has 2 aromatic carbocycles. The molecule has 0 saturated heterocycles. The number of hydrogen-bond acceptors (Lipinski definition) is 3. The Morgan fingerprint density at radius 2 is 1.73 bits per heavy atom. The molecule has 2 unspecified atom stereocenters. The molecule has 0 aliphatic rings. The van der Waals surface area contributed by atoms with Gasteiger partial charge in [0.2, 0.25) is 5.91 Å². The first-order valence-electron chi connectivity index (χ1n) is 10.4. The predicted molar refractivity (Wildman–Crippen MR) is 121 cm³/mol. The van der Waals surface area contributed by atoms with Gasteiger partial charge >= 0.3 is 0 Å². The lowest BCUT2D eigenvalue weighted by Gasteiger charge is -2.31. The number of halogens is 1. The molecule has 0 radical (unpaired) electrons. The molecular formula is C24H31ClN2O3. The Hall–Kier alpha value is -2.53. The van der Waals surface area contributed by atoms with Gasteiger partial charge in [0.05, 0.1) is 5.02 Å². The Labute approximate surface area is 184 Å². The lowest BCUT2D eigenvalue weighted by Crippen LogP contribution is -2.51. The van der Waals surface area contributed by atoms with E-state index in [0.717, 1.165) is 17.5 Å². The molecule has 0 heterocycles. The number of amides is 2. The minimum absolute atomic E-state index is 0.0438. The van der Waals surface area contributed by atoms with Crippen molar-refractivity contribution < 1.29 is 14.3 Å². The second kappa shape index (κ2) is 11.6. The summed E-state index contributed by atoms with van der Waals surface area (Å²) >= 11 is 6.13. The number of hydrogen-bond donors (Lipinski definition) is 1. The highest BCUT2D eigenvalue weighted by atomic mass is 35.5. The summed E-state index contributed by atoms with van der Waals surface area (Å²) in [6.45, 7) is 8.03. The van der Waals surface area contributed by atoms with Gasteiger partial charge in [0.15, 0.2) is 6.61 Å².